The lowest BCUT2D eigenvalue weighted by atomic mass is 9.90. The number of ether oxygens (including phenoxy) is 1. The summed E-state index contributed by atoms with van der Waals surface area (Å²) in [4.78, 5) is 11.0. The smallest absolute Gasteiger partial charge is 0.257 e. The number of sulfonamides is 1. The van der Waals surface area contributed by atoms with Gasteiger partial charge in [-0.25, -0.2) is 21.6 Å². The highest BCUT2D eigenvalue weighted by Crippen LogP contribution is 2.44. The molecule has 2 atom stereocenters. The van der Waals surface area contributed by atoms with Gasteiger partial charge in [-0.15, -0.1) is 0 Å². The van der Waals surface area contributed by atoms with Crippen molar-refractivity contribution in [1.29, 1.82) is 0 Å². The molecule has 162 valence electrons. The number of nitro groups is 1. The van der Waals surface area contributed by atoms with E-state index in [1.54, 1.807) is 24.3 Å². The Morgan fingerprint density at radius 2 is 1.71 bits per heavy atom. The van der Waals surface area contributed by atoms with Crippen molar-refractivity contribution in [1.82, 2.24) is 0 Å². The van der Waals surface area contributed by atoms with E-state index in [4.69, 9.17) is 4.74 Å². The summed E-state index contributed by atoms with van der Waals surface area (Å²) in [7, 11) is -3.64. The van der Waals surface area contributed by atoms with Crippen LogP contribution < -0.4 is 9.46 Å². The second kappa shape index (κ2) is 7.41. The summed E-state index contributed by atoms with van der Waals surface area (Å²) < 4.78 is 73.3. The molecule has 1 aliphatic heterocycles. The van der Waals surface area contributed by atoms with Crippen molar-refractivity contribution in [2.45, 2.75) is 18.6 Å². The van der Waals surface area contributed by atoms with E-state index in [1.807, 2.05) is 0 Å². The summed E-state index contributed by atoms with van der Waals surface area (Å²) in [6, 6.07) is 7.34. The zero-order valence-electron chi connectivity index (χ0n) is 15.9. The molecule has 4 rings (SSSR count). The maximum atomic E-state index is 14.4. The molecule has 31 heavy (non-hydrogen) atoms. The molecule has 1 N–H and O–H groups in total. The summed E-state index contributed by atoms with van der Waals surface area (Å²) in [5, 5.41) is 12.6. The average molecular weight is 452 g/mol. The fraction of sp³-hybridized carbons (Fsp3) is 0.200. The summed E-state index contributed by atoms with van der Waals surface area (Å²) in [5.41, 5.74) is 0.0551. The molecule has 0 fully saturated rings. The third kappa shape index (κ3) is 3.88. The first kappa shape index (κ1) is 20.9. The number of hydrogen-bond acceptors (Lipinski definition) is 5. The van der Waals surface area contributed by atoms with E-state index in [2.05, 4.69) is 4.72 Å². The van der Waals surface area contributed by atoms with Crippen molar-refractivity contribution in [3.05, 3.63) is 81.2 Å². The fourth-order valence-electron chi connectivity index (χ4n) is 3.73. The van der Waals surface area contributed by atoms with Crippen molar-refractivity contribution in [2.24, 2.45) is 0 Å². The van der Waals surface area contributed by atoms with Crippen molar-refractivity contribution >= 4 is 26.5 Å². The van der Waals surface area contributed by atoms with Gasteiger partial charge in [0.2, 0.25) is 10.0 Å². The molecule has 0 saturated heterocycles. The number of halogens is 3. The maximum Gasteiger partial charge on any atom is 0.257 e. The van der Waals surface area contributed by atoms with Crippen LogP contribution in [0.15, 0.2) is 42.5 Å². The van der Waals surface area contributed by atoms with Crippen LogP contribution in [0, 0.1) is 27.6 Å². The SMILES string of the molecule is CS(=O)(=O)Nc1cc2c(c3ccccc13)OC(c1cc(F)c(F)cc1F)C([N+](=O)[O-])C2. The molecule has 1 heterocycles. The Labute approximate surface area is 174 Å². The highest BCUT2D eigenvalue weighted by atomic mass is 32.2. The van der Waals surface area contributed by atoms with Gasteiger partial charge in [0.25, 0.3) is 6.04 Å². The van der Waals surface area contributed by atoms with Crippen LogP contribution in [0.3, 0.4) is 0 Å². The van der Waals surface area contributed by atoms with Gasteiger partial charge in [-0.05, 0) is 12.1 Å². The van der Waals surface area contributed by atoms with Crippen LogP contribution in [0.25, 0.3) is 10.8 Å². The van der Waals surface area contributed by atoms with Gasteiger partial charge in [-0.1, -0.05) is 24.3 Å². The molecule has 2 unspecified atom stereocenters. The van der Waals surface area contributed by atoms with Crippen molar-refractivity contribution < 1.29 is 31.2 Å². The zero-order valence-corrected chi connectivity index (χ0v) is 16.8. The maximum absolute atomic E-state index is 14.4. The Morgan fingerprint density at radius 1 is 1.06 bits per heavy atom. The molecule has 0 aromatic heterocycles. The molecule has 0 saturated carbocycles. The molecule has 11 heteroatoms. The lowest BCUT2D eigenvalue weighted by molar-refractivity contribution is -0.535. The van der Waals surface area contributed by atoms with Gasteiger partial charge < -0.3 is 4.74 Å². The molecule has 3 aromatic carbocycles. The average Bonchev–Trinajstić information content (AvgIpc) is 2.69. The molecule has 0 spiro atoms. The standard InChI is InChI=1S/C20H15F3N2O5S/c1-31(28,29)24-17-6-10-7-18(25(26)27)20(13-8-15(22)16(23)9-14(13)21)30-19(10)12-5-3-2-4-11(12)17/h2-6,8-9,18,20,24H,7H2,1H3. The number of benzene rings is 3. The molecule has 1 aliphatic rings. The number of anilines is 1. The van der Waals surface area contributed by atoms with E-state index in [1.165, 1.54) is 6.07 Å². The predicted molar refractivity (Wildman–Crippen MR) is 107 cm³/mol. The minimum Gasteiger partial charge on any atom is -0.477 e. The van der Waals surface area contributed by atoms with Crippen molar-refractivity contribution in [3.63, 3.8) is 0 Å². The molecular weight excluding hydrogens is 437 g/mol. The normalized spacial score (nSPS) is 18.3. The number of fused-ring (bicyclic) bond motifs is 3. The number of nitrogens with zero attached hydrogens (tertiary/aromatic N) is 1. The first-order valence-corrected chi connectivity index (χ1v) is 10.9. The predicted octanol–water partition coefficient (Wildman–Crippen LogP) is 3.95. The van der Waals surface area contributed by atoms with Crippen molar-refractivity contribution in [2.75, 3.05) is 11.0 Å². The monoisotopic (exact) mass is 452 g/mol. The second-order valence-electron chi connectivity index (χ2n) is 7.22. The van der Waals surface area contributed by atoms with E-state index < -0.39 is 50.1 Å². The molecule has 7 nitrogen and oxygen atoms in total. The molecular formula is C20H15F3N2O5S. The molecule has 0 amide bonds. The van der Waals surface area contributed by atoms with Gasteiger partial charge in [-0.2, -0.15) is 0 Å². The van der Waals surface area contributed by atoms with E-state index in [-0.39, 0.29) is 17.9 Å². The van der Waals surface area contributed by atoms with Gasteiger partial charge in [-0.3, -0.25) is 14.8 Å². The summed E-state index contributed by atoms with van der Waals surface area (Å²) >= 11 is 0. The van der Waals surface area contributed by atoms with E-state index >= 15 is 0 Å². The van der Waals surface area contributed by atoms with Crippen LogP contribution >= 0.6 is 0 Å². The minimum absolute atomic E-state index is 0.182. The Hall–Kier alpha value is -3.34. The quantitative estimate of drug-likeness (QED) is 0.367. The van der Waals surface area contributed by atoms with Gasteiger partial charge >= 0.3 is 0 Å². The van der Waals surface area contributed by atoms with Crippen LogP contribution in [0.1, 0.15) is 17.2 Å². The molecule has 0 bridgehead atoms. The van der Waals surface area contributed by atoms with Gasteiger partial charge in [0.15, 0.2) is 17.7 Å². The third-order valence-corrected chi connectivity index (χ3v) is 5.60. The van der Waals surface area contributed by atoms with Crippen LogP contribution in [-0.4, -0.2) is 25.6 Å². The van der Waals surface area contributed by atoms with E-state index in [0.29, 0.717) is 28.5 Å². The van der Waals surface area contributed by atoms with Crippen LogP contribution in [0.5, 0.6) is 5.75 Å². The first-order valence-electron chi connectivity index (χ1n) is 9.02. The summed E-state index contributed by atoms with van der Waals surface area (Å²) in [6.07, 6.45) is -0.788. The molecule has 0 aliphatic carbocycles. The lowest BCUT2D eigenvalue weighted by Crippen LogP contribution is -2.37. The van der Waals surface area contributed by atoms with Gasteiger partial charge in [0.05, 0.1) is 11.9 Å². The third-order valence-electron chi connectivity index (χ3n) is 5.01. The molecule has 3 aromatic rings. The van der Waals surface area contributed by atoms with Gasteiger partial charge in [0, 0.05) is 39.3 Å². The van der Waals surface area contributed by atoms with E-state index in [0.717, 1.165) is 6.26 Å². The Bertz CT molecular complexity index is 1330. The van der Waals surface area contributed by atoms with Crippen LogP contribution in [-0.2, 0) is 16.4 Å². The zero-order chi connectivity index (χ0) is 22.5. The topological polar surface area (TPSA) is 98.5 Å². The summed E-state index contributed by atoms with van der Waals surface area (Å²) in [5.74, 6) is -3.76. The summed E-state index contributed by atoms with van der Waals surface area (Å²) in [6.45, 7) is 0. The molecule has 0 radical (unpaired) electrons. The van der Waals surface area contributed by atoms with Crippen molar-refractivity contribution in [3.8, 4) is 5.75 Å². The number of nitrogens with one attached hydrogen (secondary N) is 1. The Balaban J connectivity index is 1.91. The number of hydrogen-bond donors (Lipinski definition) is 1. The largest absolute Gasteiger partial charge is 0.477 e. The number of rotatable bonds is 4. The van der Waals surface area contributed by atoms with Crippen LogP contribution in [0.4, 0.5) is 18.9 Å². The van der Waals surface area contributed by atoms with E-state index in [9.17, 15) is 31.7 Å². The Morgan fingerprint density at radius 3 is 2.35 bits per heavy atom. The first-order chi connectivity index (χ1) is 14.5. The fourth-order valence-corrected chi connectivity index (χ4v) is 4.30. The minimum atomic E-state index is -3.64. The highest BCUT2D eigenvalue weighted by molar-refractivity contribution is 7.92. The lowest BCUT2D eigenvalue weighted by Gasteiger charge is -2.30. The highest BCUT2D eigenvalue weighted by Gasteiger charge is 2.42. The van der Waals surface area contributed by atoms with Crippen LogP contribution in [0.2, 0.25) is 0 Å². The van der Waals surface area contributed by atoms with Gasteiger partial charge in [0.1, 0.15) is 11.6 Å². The Kier molecular flexibility index (Phi) is 5.00. The second-order valence-corrected chi connectivity index (χ2v) is 8.96.